The van der Waals surface area contributed by atoms with Gasteiger partial charge in [0.2, 0.25) is 0 Å². The van der Waals surface area contributed by atoms with Crippen LogP contribution in [-0.4, -0.2) is 26.5 Å². The van der Waals surface area contributed by atoms with Crippen LogP contribution in [0.3, 0.4) is 0 Å². The lowest BCUT2D eigenvalue weighted by Gasteiger charge is -2.44. The summed E-state index contributed by atoms with van der Waals surface area (Å²) in [7, 11) is 4.04. The van der Waals surface area contributed by atoms with Gasteiger partial charge in [-0.1, -0.05) is 24.3 Å². The van der Waals surface area contributed by atoms with E-state index in [2.05, 4.69) is 39.4 Å². The van der Waals surface area contributed by atoms with Crippen LogP contribution in [0, 0.1) is 0 Å². The lowest BCUT2D eigenvalue weighted by molar-refractivity contribution is 0.0925. The Morgan fingerprint density at radius 2 is 1.92 bits per heavy atom. The van der Waals surface area contributed by atoms with Gasteiger partial charge in [-0.2, -0.15) is 0 Å². The van der Waals surface area contributed by atoms with Crippen LogP contribution in [0.15, 0.2) is 42.5 Å². The van der Waals surface area contributed by atoms with E-state index in [1.807, 2.05) is 32.3 Å². The van der Waals surface area contributed by atoms with Crippen LogP contribution in [0.1, 0.15) is 40.1 Å². The van der Waals surface area contributed by atoms with Crippen molar-refractivity contribution in [2.45, 2.75) is 18.6 Å². The molecular weight excluding hydrogens is 300 g/mol. The van der Waals surface area contributed by atoms with Gasteiger partial charge in [-0.25, -0.2) is 0 Å². The van der Waals surface area contributed by atoms with E-state index >= 15 is 0 Å². The molecule has 5 nitrogen and oxygen atoms in total. The summed E-state index contributed by atoms with van der Waals surface area (Å²) in [6, 6.07) is 14.2. The number of amides is 1. The molecule has 2 aliphatic heterocycles. The summed E-state index contributed by atoms with van der Waals surface area (Å²) < 4.78 is 0. The highest BCUT2D eigenvalue weighted by atomic mass is 16.2. The molecule has 2 aromatic carbocycles. The Balaban J connectivity index is 1.78. The normalized spacial score (nSPS) is 22.0. The van der Waals surface area contributed by atoms with E-state index in [0.717, 1.165) is 41.0 Å². The Hall–Kier alpha value is -2.53. The maximum Gasteiger partial charge on any atom is 0.255 e. The lowest BCUT2D eigenvalue weighted by Crippen LogP contribution is -2.49. The average Bonchev–Trinajstić information content (AvgIpc) is 2.60. The summed E-state index contributed by atoms with van der Waals surface area (Å²) in [5.74, 6) is -0.0288. The second-order valence-electron chi connectivity index (χ2n) is 6.69. The molecule has 124 valence electrons. The fourth-order valence-electron chi connectivity index (χ4n) is 3.67. The van der Waals surface area contributed by atoms with Crippen molar-refractivity contribution in [3.8, 4) is 0 Å². The zero-order chi connectivity index (χ0) is 16.8. The van der Waals surface area contributed by atoms with Crippen molar-refractivity contribution in [2.75, 3.05) is 30.4 Å². The monoisotopic (exact) mass is 322 g/mol. The Morgan fingerprint density at radius 1 is 1.17 bits per heavy atom. The molecule has 2 heterocycles. The summed E-state index contributed by atoms with van der Waals surface area (Å²) in [6.45, 7) is 0.839. The van der Waals surface area contributed by atoms with Crippen molar-refractivity contribution in [3.05, 3.63) is 59.2 Å². The Labute approximate surface area is 142 Å². The van der Waals surface area contributed by atoms with Gasteiger partial charge in [0.05, 0.1) is 11.3 Å². The zero-order valence-corrected chi connectivity index (χ0v) is 14.0. The molecule has 0 spiro atoms. The average molecular weight is 322 g/mol. The van der Waals surface area contributed by atoms with Crippen molar-refractivity contribution >= 4 is 17.3 Å². The van der Waals surface area contributed by atoms with Crippen molar-refractivity contribution in [1.29, 1.82) is 0 Å². The zero-order valence-electron chi connectivity index (χ0n) is 14.0. The molecule has 0 aliphatic carbocycles. The molecule has 5 heteroatoms. The molecule has 0 unspecified atom stereocenters. The molecule has 0 fully saturated rings. The highest BCUT2D eigenvalue weighted by Gasteiger charge is 2.36. The maximum absolute atomic E-state index is 12.6. The molecule has 0 radical (unpaired) electrons. The van der Waals surface area contributed by atoms with Crippen LogP contribution in [0.5, 0.6) is 0 Å². The van der Waals surface area contributed by atoms with Gasteiger partial charge in [-0.05, 0) is 35.7 Å². The molecule has 0 saturated heterocycles. The summed E-state index contributed by atoms with van der Waals surface area (Å²) >= 11 is 0. The number of rotatable bonds is 2. The quantitative estimate of drug-likeness (QED) is 0.891. The smallest absolute Gasteiger partial charge is 0.255 e. The van der Waals surface area contributed by atoms with Crippen LogP contribution in [0.25, 0.3) is 0 Å². The van der Waals surface area contributed by atoms with E-state index < -0.39 is 0 Å². The standard InChI is InChI=1S/C19H22N4O/c1-22(2)13-8-6-12(7-9-13)18-21-19(24)15-5-3-4-14-16(20)10-11-23(18)17(14)15/h3-9,16,18H,10-11,20H2,1-2H3,(H,21,24)/t16-,18+/m1/s1. The number of nitrogens with two attached hydrogens (primary N) is 1. The maximum atomic E-state index is 12.6. The summed E-state index contributed by atoms with van der Waals surface area (Å²) in [5, 5.41) is 3.15. The fourth-order valence-corrected chi connectivity index (χ4v) is 3.67. The van der Waals surface area contributed by atoms with Gasteiger partial charge in [0.15, 0.2) is 0 Å². The van der Waals surface area contributed by atoms with Gasteiger partial charge >= 0.3 is 0 Å². The minimum atomic E-state index is -0.144. The molecule has 4 rings (SSSR count). The highest BCUT2D eigenvalue weighted by molar-refractivity contribution is 6.03. The van der Waals surface area contributed by atoms with Crippen molar-refractivity contribution < 1.29 is 4.79 Å². The number of nitrogens with zero attached hydrogens (tertiary/aromatic N) is 2. The molecule has 3 N–H and O–H groups in total. The minimum absolute atomic E-state index is 0.00105. The first-order chi connectivity index (χ1) is 11.6. The molecule has 0 aromatic heterocycles. The molecular formula is C19H22N4O. The predicted molar refractivity (Wildman–Crippen MR) is 96.3 cm³/mol. The topological polar surface area (TPSA) is 61.6 Å². The van der Waals surface area contributed by atoms with E-state index in [0.29, 0.717) is 0 Å². The summed E-state index contributed by atoms with van der Waals surface area (Å²) in [4.78, 5) is 16.9. The number of carbonyl (C=O) groups excluding carboxylic acids is 1. The first-order valence-electron chi connectivity index (χ1n) is 8.29. The third-order valence-corrected chi connectivity index (χ3v) is 4.98. The number of anilines is 2. The Bertz CT molecular complexity index is 784. The SMILES string of the molecule is CN(C)c1ccc([C@H]2NC(=O)c3cccc4c3N2CC[C@H]4N)cc1. The van der Waals surface area contributed by atoms with Gasteiger partial charge in [-0.3, -0.25) is 4.79 Å². The number of benzene rings is 2. The highest BCUT2D eigenvalue weighted by Crippen LogP contribution is 2.42. The number of carbonyl (C=O) groups is 1. The fraction of sp³-hybridized carbons (Fsp3) is 0.316. The van der Waals surface area contributed by atoms with E-state index in [1.54, 1.807) is 0 Å². The van der Waals surface area contributed by atoms with Crippen LogP contribution < -0.4 is 20.9 Å². The molecule has 2 atom stereocenters. The molecule has 2 aromatic rings. The third-order valence-electron chi connectivity index (χ3n) is 4.98. The molecule has 2 aliphatic rings. The number of hydrogen-bond donors (Lipinski definition) is 2. The van der Waals surface area contributed by atoms with Crippen LogP contribution in [0.4, 0.5) is 11.4 Å². The number of para-hydroxylation sites is 1. The minimum Gasteiger partial charge on any atom is -0.378 e. The number of nitrogens with one attached hydrogen (secondary N) is 1. The molecule has 1 amide bonds. The van der Waals surface area contributed by atoms with E-state index in [4.69, 9.17) is 5.73 Å². The van der Waals surface area contributed by atoms with Gasteiger partial charge in [-0.15, -0.1) is 0 Å². The van der Waals surface area contributed by atoms with Crippen molar-refractivity contribution in [2.24, 2.45) is 5.73 Å². The van der Waals surface area contributed by atoms with Gasteiger partial charge in [0.25, 0.3) is 5.91 Å². The second-order valence-corrected chi connectivity index (χ2v) is 6.69. The molecule has 0 bridgehead atoms. The molecule has 24 heavy (non-hydrogen) atoms. The summed E-state index contributed by atoms with van der Waals surface area (Å²) in [5.41, 5.74) is 11.3. The van der Waals surface area contributed by atoms with E-state index in [9.17, 15) is 4.79 Å². The second kappa shape index (κ2) is 5.53. The van der Waals surface area contributed by atoms with Crippen LogP contribution in [0.2, 0.25) is 0 Å². The van der Waals surface area contributed by atoms with Crippen LogP contribution >= 0.6 is 0 Å². The first-order valence-corrected chi connectivity index (χ1v) is 8.29. The first kappa shape index (κ1) is 15.0. The third kappa shape index (κ3) is 2.24. The molecule has 0 saturated carbocycles. The van der Waals surface area contributed by atoms with Crippen LogP contribution in [-0.2, 0) is 0 Å². The van der Waals surface area contributed by atoms with E-state index in [1.165, 1.54) is 0 Å². The van der Waals surface area contributed by atoms with Gasteiger partial charge in [0.1, 0.15) is 6.17 Å². The van der Waals surface area contributed by atoms with Gasteiger partial charge < -0.3 is 20.9 Å². The Kier molecular flexibility index (Phi) is 3.46. The lowest BCUT2D eigenvalue weighted by atomic mass is 9.90. The van der Waals surface area contributed by atoms with Crippen molar-refractivity contribution in [1.82, 2.24) is 5.32 Å². The Morgan fingerprint density at radius 3 is 2.62 bits per heavy atom. The largest absolute Gasteiger partial charge is 0.378 e. The van der Waals surface area contributed by atoms with E-state index in [-0.39, 0.29) is 18.1 Å². The number of hydrogen-bond acceptors (Lipinski definition) is 4. The predicted octanol–water partition coefficient (Wildman–Crippen LogP) is 2.40. The summed E-state index contributed by atoms with van der Waals surface area (Å²) in [6.07, 6.45) is 0.744. The van der Waals surface area contributed by atoms with Gasteiger partial charge in [0, 0.05) is 32.4 Å². The van der Waals surface area contributed by atoms with Crippen molar-refractivity contribution in [3.63, 3.8) is 0 Å².